The summed E-state index contributed by atoms with van der Waals surface area (Å²) in [7, 11) is 2.07. The van der Waals surface area contributed by atoms with Gasteiger partial charge >= 0.3 is 0 Å². The van der Waals surface area contributed by atoms with Gasteiger partial charge in [0, 0.05) is 55.5 Å². The molecule has 1 amide bonds. The number of anilines is 1. The Morgan fingerprint density at radius 3 is 2.67 bits per heavy atom. The highest BCUT2D eigenvalue weighted by molar-refractivity contribution is 5.94. The molecule has 6 nitrogen and oxygen atoms in total. The van der Waals surface area contributed by atoms with E-state index in [2.05, 4.69) is 34.3 Å². The molecular weight excluding hydrogens is 338 g/mol. The number of carbonyl (C=O) groups is 1. The molecule has 0 unspecified atom stereocenters. The third kappa shape index (κ3) is 4.73. The average molecular weight is 363 g/mol. The number of hydrogen-bond acceptors (Lipinski definition) is 4. The summed E-state index contributed by atoms with van der Waals surface area (Å²) in [5.74, 6) is 0.615. The van der Waals surface area contributed by atoms with Gasteiger partial charge < -0.3 is 10.2 Å². The lowest BCUT2D eigenvalue weighted by Gasteiger charge is -2.19. The van der Waals surface area contributed by atoms with Crippen LogP contribution in [0.4, 0.5) is 5.69 Å². The topological polar surface area (TPSA) is 63.1 Å². The summed E-state index contributed by atoms with van der Waals surface area (Å²) in [6, 6.07) is 13.4. The number of nitrogens with one attached hydrogen (secondary N) is 1. The van der Waals surface area contributed by atoms with Crippen molar-refractivity contribution in [3.8, 4) is 5.82 Å². The van der Waals surface area contributed by atoms with Gasteiger partial charge in [0.2, 0.25) is 0 Å². The van der Waals surface area contributed by atoms with Gasteiger partial charge in [-0.25, -0.2) is 9.67 Å². The SMILES string of the molecule is CCCCN(C)c1ccc(C(=O)NCc2cccnc2-n2cccn2)cc1. The molecule has 0 saturated carbocycles. The lowest BCUT2D eigenvalue weighted by atomic mass is 10.1. The third-order valence-corrected chi connectivity index (χ3v) is 4.45. The quantitative estimate of drug-likeness (QED) is 0.666. The number of unbranched alkanes of at least 4 members (excludes halogenated alkanes) is 1. The molecule has 0 atom stereocenters. The van der Waals surface area contributed by atoms with Crippen molar-refractivity contribution in [2.75, 3.05) is 18.5 Å². The van der Waals surface area contributed by atoms with Crippen LogP contribution in [0.1, 0.15) is 35.7 Å². The second-order valence-electron chi connectivity index (χ2n) is 6.44. The standard InChI is InChI=1S/C21H25N5O/c1-3-4-14-25(2)19-10-8-17(9-11-19)21(27)23-16-18-7-5-12-22-20(18)26-15-6-13-24-26/h5-13,15H,3-4,14,16H2,1-2H3,(H,23,27). The van der Waals surface area contributed by atoms with E-state index in [0.717, 1.165) is 30.0 Å². The molecule has 1 N–H and O–H groups in total. The van der Waals surface area contributed by atoms with E-state index in [0.29, 0.717) is 12.1 Å². The van der Waals surface area contributed by atoms with Crippen molar-refractivity contribution in [3.05, 3.63) is 72.2 Å². The Morgan fingerprint density at radius 1 is 1.15 bits per heavy atom. The van der Waals surface area contributed by atoms with Crippen molar-refractivity contribution in [1.29, 1.82) is 0 Å². The van der Waals surface area contributed by atoms with E-state index in [1.165, 1.54) is 6.42 Å². The van der Waals surface area contributed by atoms with Gasteiger partial charge in [0.05, 0.1) is 0 Å². The van der Waals surface area contributed by atoms with Crippen LogP contribution in [0.2, 0.25) is 0 Å². The lowest BCUT2D eigenvalue weighted by Crippen LogP contribution is -2.24. The number of nitrogens with zero attached hydrogens (tertiary/aromatic N) is 4. The number of carbonyl (C=O) groups excluding carboxylic acids is 1. The fraction of sp³-hybridized carbons (Fsp3) is 0.286. The van der Waals surface area contributed by atoms with Crippen LogP contribution in [-0.2, 0) is 6.54 Å². The number of hydrogen-bond donors (Lipinski definition) is 1. The zero-order chi connectivity index (χ0) is 19.1. The van der Waals surface area contributed by atoms with E-state index in [4.69, 9.17) is 0 Å². The summed E-state index contributed by atoms with van der Waals surface area (Å²) in [5, 5.41) is 7.18. The second kappa shape index (κ2) is 8.98. The van der Waals surface area contributed by atoms with E-state index >= 15 is 0 Å². The van der Waals surface area contributed by atoms with Gasteiger partial charge in [-0.15, -0.1) is 0 Å². The van der Waals surface area contributed by atoms with Crippen LogP contribution in [0, 0.1) is 0 Å². The van der Waals surface area contributed by atoms with Crippen molar-refractivity contribution in [3.63, 3.8) is 0 Å². The first-order valence-corrected chi connectivity index (χ1v) is 9.22. The molecule has 0 spiro atoms. The van der Waals surface area contributed by atoms with Gasteiger partial charge in [-0.2, -0.15) is 5.10 Å². The minimum absolute atomic E-state index is 0.104. The first kappa shape index (κ1) is 18.6. The Hall–Kier alpha value is -3.15. The number of aromatic nitrogens is 3. The number of pyridine rings is 1. The average Bonchev–Trinajstić information content (AvgIpc) is 3.25. The summed E-state index contributed by atoms with van der Waals surface area (Å²) < 4.78 is 1.70. The van der Waals surface area contributed by atoms with Crippen molar-refractivity contribution >= 4 is 11.6 Å². The van der Waals surface area contributed by atoms with Gasteiger partial charge in [-0.05, 0) is 42.8 Å². The highest BCUT2D eigenvalue weighted by Crippen LogP contribution is 2.15. The predicted molar refractivity (Wildman–Crippen MR) is 107 cm³/mol. The van der Waals surface area contributed by atoms with Crippen LogP contribution in [0.15, 0.2) is 61.1 Å². The first-order valence-electron chi connectivity index (χ1n) is 9.22. The summed E-state index contributed by atoms with van der Waals surface area (Å²) in [6.07, 6.45) is 7.58. The number of benzene rings is 1. The zero-order valence-corrected chi connectivity index (χ0v) is 15.8. The predicted octanol–water partition coefficient (Wildman–Crippen LogP) is 3.43. The van der Waals surface area contributed by atoms with Crippen LogP contribution >= 0.6 is 0 Å². The van der Waals surface area contributed by atoms with E-state index in [9.17, 15) is 4.79 Å². The third-order valence-electron chi connectivity index (χ3n) is 4.45. The van der Waals surface area contributed by atoms with E-state index in [-0.39, 0.29) is 5.91 Å². The maximum atomic E-state index is 12.5. The van der Waals surface area contributed by atoms with Crippen molar-refractivity contribution < 1.29 is 4.79 Å². The maximum absolute atomic E-state index is 12.5. The van der Waals surface area contributed by atoms with Gasteiger partial charge in [0.25, 0.3) is 5.91 Å². The molecule has 0 aliphatic carbocycles. The summed E-state index contributed by atoms with van der Waals surface area (Å²) in [5.41, 5.74) is 2.67. The molecule has 140 valence electrons. The Balaban J connectivity index is 1.63. The van der Waals surface area contributed by atoms with Crippen molar-refractivity contribution in [1.82, 2.24) is 20.1 Å². The molecule has 2 aromatic heterocycles. The van der Waals surface area contributed by atoms with E-state index in [1.54, 1.807) is 17.1 Å². The molecule has 0 bridgehead atoms. The molecule has 0 aliphatic rings. The van der Waals surface area contributed by atoms with Crippen LogP contribution in [0.5, 0.6) is 0 Å². The Labute approximate surface area is 159 Å². The molecule has 3 aromatic rings. The molecule has 0 radical (unpaired) electrons. The first-order chi connectivity index (χ1) is 13.2. The van der Waals surface area contributed by atoms with E-state index in [1.807, 2.05) is 48.7 Å². The van der Waals surface area contributed by atoms with Crippen LogP contribution in [0.3, 0.4) is 0 Å². The normalized spacial score (nSPS) is 10.6. The second-order valence-corrected chi connectivity index (χ2v) is 6.44. The largest absolute Gasteiger partial charge is 0.375 e. The summed E-state index contributed by atoms with van der Waals surface area (Å²) in [6.45, 7) is 3.58. The van der Waals surface area contributed by atoms with Gasteiger partial charge in [0.1, 0.15) is 0 Å². The molecule has 0 fully saturated rings. The summed E-state index contributed by atoms with van der Waals surface area (Å²) >= 11 is 0. The fourth-order valence-corrected chi connectivity index (χ4v) is 2.84. The fourth-order valence-electron chi connectivity index (χ4n) is 2.84. The van der Waals surface area contributed by atoms with Crippen LogP contribution in [0.25, 0.3) is 5.82 Å². The molecule has 27 heavy (non-hydrogen) atoms. The highest BCUT2D eigenvalue weighted by atomic mass is 16.1. The zero-order valence-electron chi connectivity index (χ0n) is 15.8. The lowest BCUT2D eigenvalue weighted by molar-refractivity contribution is 0.0951. The summed E-state index contributed by atoms with van der Waals surface area (Å²) in [4.78, 5) is 19.1. The van der Waals surface area contributed by atoms with Crippen molar-refractivity contribution in [2.45, 2.75) is 26.3 Å². The minimum atomic E-state index is -0.104. The number of amides is 1. The Kier molecular flexibility index (Phi) is 6.20. The monoisotopic (exact) mass is 363 g/mol. The van der Waals surface area contributed by atoms with Crippen LogP contribution < -0.4 is 10.2 Å². The smallest absolute Gasteiger partial charge is 0.251 e. The maximum Gasteiger partial charge on any atom is 0.251 e. The molecule has 6 heteroatoms. The van der Waals surface area contributed by atoms with Crippen molar-refractivity contribution in [2.24, 2.45) is 0 Å². The Bertz CT molecular complexity index is 859. The molecule has 0 saturated heterocycles. The molecule has 2 heterocycles. The Morgan fingerprint density at radius 2 is 1.96 bits per heavy atom. The molecular formula is C21H25N5O. The van der Waals surface area contributed by atoms with Gasteiger partial charge in [0.15, 0.2) is 5.82 Å². The highest BCUT2D eigenvalue weighted by Gasteiger charge is 2.10. The van der Waals surface area contributed by atoms with Gasteiger partial charge in [-0.1, -0.05) is 19.4 Å². The van der Waals surface area contributed by atoms with Gasteiger partial charge in [-0.3, -0.25) is 4.79 Å². The molecule has 0 aliphatic heterocycles. The number of rotatable bonds is 8. The van der Waals surface area contributed by atoms with E-state index < -0.39 is 0 Å². The van der Waals surface area contributed by atoms with Crippen LogP contribution in [-0.4, -0.2) is 34.3 Å². The molecule has 3 rings (SSSR count). The molecule has 1 aromatic carbocycles. The minimum Gasteiger partial charge on any atom is -0.375 e.